The van der Waals surface area contributed by atoms with Gasteiger partial charge in [0.05, 0.1) is 21.8 Å². The third kappa shape index (κ3) is 2.86. The molecule has 0 aliphatic heterocycles. The fourth-order valence-electron chi connectivity index (χ4n) is 1.98. The fourth-order valence-corrected chi connectivity index (χ4v) is 2.33. The molecule has 0 aliphatic carbocycles. The van der Waals surface area contributed by atoms with Crippen LogP contribution in [0.25, 0.3) is 11.4 Å². The number of nitrogens with zero attached hydrogens (tertiary/aromatic N) is 6. The van der Waals surface area contributed by atoms with Crippen LogP contribution in [0.5, 0.6) is 0 Å². The van der Waals surface area contributed by atoms with Crippen molar-refractivity contribution in [2.75, 3.05) is 5.32 Å². The normalized spacial score (nSPS) is 11.4. The van der Waals surface area contributed by atoms with E-state index in [9.17, 15) is 0 Å². The summed E-state index contributed by atoms with van der Waals surface area (Å²) in [5, 5.41) is 17.4. The summed E-state index contributed by atoms with van der Waals surface area (Å²) in [7, 11) is 0. The van der Waals surface area contributed by atoms with Crippen LogP contribution in [0.1, 0.15) is 19.5 Å². The van der Waals surface area contributed by atoms with Crippen molar-refractivity contribution in [3.05, 3.63) is 41.4 Å². The number of H-pyrrole nitrogens is 1. The Kier molecular flexibility index (Phi) is 3.68. The number of hydrogen-bond acceptors (Lipinski definition) is 7. The zero-order valence-corrected chi connectivity index (χ0v) is 12.7. The highest BCUT2D eigenvalue weighted by molar-refractivity contribution is 6.31. The molecule has 22 heavy (non-hydrogen) atoms. The van der Waals surface area contributed by atoms with Crippen molar-refractivity contribution >= 4 is 17.5 Å². The molecular weight excluding hydrogens is 304 g/mol. The summed E-state index contributed by atoms with van der Waals surface area (Å²) in [5.41, 5.74) is 0.877. The van der Waals surface area contributed by atoms with Crippen LogP contribution in [-0.4, -0.2) is 35.6 Å². The first-order valence-corrected chi connectivity index (χ1v) is 6.89. The van der Waals surface area contributed by atoms with Crippen molar-refractivity contribution in [1.29, 1.82) is 0 Å². The molecule has 8 nitrogen and oxygen atoms in total. The van der Waals surface area contributed by atoms with E-state index in [0.717, 1.165) is 5.69 Å². The van der Waals surface area contributed by atoms with Crippen LogP contribution in [-0.2, 0) is 5.54 Å². The molecule has 0 atom stereocenters. The summed E-state index contributed by atoms with van der Waals surface area (Å²) in [6, 6.07) is 3.59. The van der Waals surface area contributed by atoms with Crippen LogP contribution in [0, 0.1) is 0 Å². The van der Waals surface area contributed by atoms with E-state index in [-0.39, 0.29) is 0 Å². The molecule has 0 radical (unpaired) electrons. The minimum absolute atomic E-state index is 0.443. The predicted molar refractivity (Wildman–Crippen MR) is 81.1 cm³/mol. The highest BCUT2D eigenvalue weighted by Crippen LogP contribution is 2.28. The van der Waals surface area contributed by atoms with E-state index in [4.69, 9.17) is 11.6 Å². The molecule has 3 aromatic rings. The highest BCUT2D eigenvalue weighted by Gasteiger charge is 2.25. The first-order valence-electron chi connectivity index (χ1n) is 6.51. The lowest BCUT2D eigenvalue weighted by Crippen LogP contribution is -2.30. The maximum absolute atomic E-state index is 6.20. The third-order valence-electron chi connectivity index (χ3n) is 3.03. The molecule has 0 aromatic carbocycles. The molecule has 0 saturated heterocycles. The molecule has 3 rings (SSSR count). The molecule has 0 saturated carbocycles. The van der Waals surface area contributed by atoms with Crippen LogP contribution in [0.15, 0.2) is 30.7 Å². The van der Waals surface area contributed by atoms with Gasteiger partial charge in [-0.05, 0) is 31.2 Å². The van der Waals surface area contributed by atoms with Crippen LogP contribution >= 0.6 is 11.6 Å². The van der Waals surface area contributed by atoms with Crippen molar-refractivity contribution < 1.29 is 0 Å². The Labute approximate surface area is 131 Å². The van der Waals surface area contributed by atoms with E-state index in [1.54, 1.807) is 30.7 Å². The van der Waals surface area contributed by atoms with Crippen molar-refractivity contribution in [2.24, 2.45) is 0 Å². The molecule has 3 aromatic heterocycles. The van der Waals surface area contributed by atoms with Gasteiger partial charge in [-0.3, -0.25) is 4.98 Å². The van der Waals surface area contributed by atoms with Crippen molar-refractivity contribution in [2.45, 2.75) is 19.4 Å². The maximum Gasteiger partial charge on any atom is 0.223 e. The van der Waals surface area contributed by atoms with Gasteiger partial charge in [0.2, 0.25) is 11.8 Å². The van der Waals surface area contributed by atoms with Gasteiger partial charge in [0.15, 0.2) is 0 Å². The number of rotatable bonds is 4. The average Bonchev–Trinajstić information content (AvgIpc) is 3.02. The minimum Gasteiger partial charge on any atom is -0.344 e. The van der Waals surface area contributed by atoms with Crippen LogP contribution in [0.4, 0.5) is 5.95 Å². The van der Waals surface area contributed by atoms with E-state index < -0.39 is 5.54 Å². The number of anilines is 1. The zero-order chi connectivity index (χ0) is 15.6. The minimum atomic E-state index is -0.522. The number of hydrogen-bond donors (Lipinski definition) is 2. The molecule has 0 fully saturated rings. The van der Waals surface area contributed by atoms with E-state index in [1.807, 2.05) is 13.8 Å². The molecule has 3 heterocycles. The number of tetrazole rings is 1. The second kappa shape index (κ2) is 5.64. The van der Waals surface area contributed by atoms with E-state index in [2.05, 4.69) is 40.9 Å². The summed E-state index contributed by atoms with van der Waals surface area (Å²) >= 11 is 6.20. The van der Waals surface area contributed by atoms with Crippen LogP contribution in [0.2, 0.25) is 5.02 Å². The Bertz CT molecular complexity index is 754. The number of aromatic amines is 1. The Balaban J connectivity index is 1.82. The summed E-state index contributed by atoms with van der Waals surface area (Å²) in [4.78, 5) is 12.8. The van der Waals surface area contributed by atoms with Crippen molar-refractivity contribution in [1.82, 2.24) is 35.6 Å². The number of pyridine rings is 1. The molecule has 9 heteroatoms. The molecule has 112 valence electrons. The number of halogens is 1. The van der Waals surface area contributed by atoms with E-state index in [0.29, 0.717) is 22.4 Å². The van der Waals surface area contributed by atoms with Crippen LogP contribution in [0.3, 0.4) is 0 Å². The Morgan fingerprint density at radius 1 is 1.18 bits per heavy atom. The molecule has 0 bridgehead atoms. The maximum atomic E-state index is 6.20. The van der Waals surface area contributed by atoms with Crippen LogP contribution < -0.4 is 5.32 Å². The van der Waals surface area contributed by atoms with Crippen molar-refractivity contribution in [3.63, 3.8) is 0 Å². The predicted octanol–water partition coefficient (Wildman–Crippen LogP) is 2.05. The Hall–Kier alpha value is -2.61. The molecular formula is C13H13ClN8. The first kappa shape index (κ1) is 14.3. The van der Waals surface area contributed by atoms with E-state index in [1.165, 1.54) is 0 Å². The first-order chi connectivity index (χ1) is 10.6. The molecule has 2 N–H and O–H groups in total. The van der Waals surface area contributed by atoms with Gasteiger partial charge in [-0.2, -0.15) is 5.21 Å². The highest BCUT2D eigenvalue weighted by atomic mass is 35.5. The smallest absolute Gasteiger partial charge is 0.223 e. The number of nitrogens with one attached hydrogen (secondary N) is 2. The summed E-state index contributed by atoms with van der Waals surface area (Å²) < 4.78 is 0. The van der Waals surface area contributed by atoms with E-state index >= 15 is 0 Å². The third-order valence-corrected chi connectivity index (χ3v) is 3.34. The number of aromatic nitrogens is 7. The lowest BCUT2D eigenvalue weighted by Gasteiger charge is -2.26. The van der Waals surface area contributed by atoms with Gasteiger partial charge in [-0.15, -0.1) is 10.2 Å². The molecule has 0 aliphatic rings. The molecule has 0 unspecified atom stereocenters. The van der Waals surface area contributed by atoms with Crippen molar-refractivity contribution in [3.8, 4) is 11.4 Å². The summed E-state index contributed by atoms with van der Waals surface area (Å²) in [5.74, 6) is 0.901. The fraction of sp³-hybridized carbons (Fsp3) is 0.231. The summed E-state index contributed by atoms with van der Waals surface area (Å²) in [6.45, 7) is 3.91. The second-order valence-corrected chi connectivity index (χ2v) is 5.52. The second-order valence-electron chi connectivity index (χ2n) is 5.11. The van der Waals surface area contributed by atoms with Gasteiger partial charge in [0.25, 0.3) is 0 Å². The monoisotopic (exact) mass is 316 g/mol. The molecule has 0 spiro atoms. The lowest BCUT2D eigenvalue weighted by atomic mass is 10.00. The average molecular weight is 317 g/mol. The van der Waals surface area contributed by atoms with Gasteiger partial charge in [0, 0.05) is 18.6 Å². The van der Waals surface area contributed by atoms with Gasteiger partial charge >= 0.3 is 0 Å². The largest absolute Gasteiger partial charge is 0.344 e. The SMILES string of the molecule is CC(C)(Nc1ncc(-c2nn[nH]n2)cn1)c1ncccc1Cl. The topological polar surface area (TPSA) is 105 Å². The molecule has 0 amide bonds. The quantitative estimate of drug-likeness (QED) is 0.758. The van der Waals surface area contributed by atoms with Gasteiger partial charge in [0.1, 0.15) is 0 Å². The zero-order valence-electron chi connectivity index (χ0n) is 11.9. The van der Waals surface area contributed by atoms with Gasteiger partial charge in [-0.25, -0.2) is 9.97 Å². The Morgan fingerprint density at radius 3 is 2.59 bits per heavy atom. The standard InChI is InChI=1S/C13H13ClN8/c1-13(2,10-9(14)4-3-5-15-10)18-12-16-6-8(7-17-12)11-19-21-22-20-11/h3-7H,1-2H3,(H,16,17,18)(H,19,20,21,22). The lowest BCUT2D eigenvalue weighted by molar-refractivity contribution is 0.581. The van der Waals surface area contributed by atoms with Gasteiger partial charge in [-0.1, -0.05) is 11.6 Å². The Morgan fingerprint density at radius 2 is 1.95 bits per heavy atom. The van der Waals surface area contributed by atoms with Gasteiger partial charge < -0.3 is 5.32 Å². The summed E-state index contributed by atoms with van der Waals surface area (Å²) in [6.07, 6.45) is 4.94.